The van der Waals surface area contributed by atoms with Gasteiger partial charge in [-0.1, -0.05) is 149 Å². The van der Waals surface area contributed by atoms with Gasteiger partial charge in [0.1, 0.15) is 6.04 Å². The van der Waals surface area contributed by atoms with E-state index in [1.54, 1.807) is 0 Å². The zero-order valence-corrected chi connectivity index (χ0v) is 24.1. The molecule has 0 fully saturated rings. The summed E-state index contributed by atoms with van der Waals surface area (Å²) >= 11 is 0. The van der Waals surface area contributed by atoms with E-state index in [-0.39, 0.29) is 6.42 Å². The molecule has 0 rings (SSSR count). The van der Waals surface area contributed by atoms with Crippen LogP contribution < -0.4 is 5.32 Å². The molecule has 0 aromatic carbocycles. The van der Waals surface area contributed by atoms with Gasteiger partial charge < -0.3 is 15.2 Å². The Bertz CT molecular complexity index is 483. The lowest BCUT2D eigenvalue weighted by molar-refractivity contribution is -0.149. The highest BCUT2D eigenvalue weighted by atomic mass is 16.5. The molecule has 0 amide bonds. The van der Waals surface area contributed by atoms with E-state index in [0.717, 1.165) is 25.7 Å². The molecule has 0 heterocycles. The first-order valence-electron chi connectivity index (χ1n) is 15.7. The fourth-order valence-corrected chi connectivity index (χ4v) is 4.67. The number of nitrogens with one attached hydrogen (secondary N) is 1. The molecular formula is C31H61NO4. The third kappa shape index (κ3) is 26.0. The Morgan fingerprint density at radius 2 is 0.944 bits per heavy atom. The molecule has 5 heteroatoms. The second kappa shape index (κ2) is 28.5. The summed E-state index contributed by atoms with van der Waals surface area (Å²) < 4.78 is 5.29. The summed E-state index contributed by atoms with van der Waals surface area (Å²) in [5, 5.41) is 12.4. The molecule has 2 N–H and O–H groups in total. The number of carboxylic acids is 1. The molecule has 214 valence electrons. The summed E-state index contributed by atoms with van der Waals surface area (Å²) in [4.78, 5) is 23.5. The zero-order chi connectivity index (χ0) is 26.5. The van der Waals surface area contributed by atoms with E-state index in [0.29, 0.717) is 13.2 Å². The summed E-state index contributed by atoms with van der Waals surface area (Å²) in [5.41, 5.74) is 0. The predicted molar refractivity (Wildman–Crippen MR) is 153 cm³/mol. The molecule has 0 aliphatic carbocycles. The van der Waals surface area contributed by atoms with Gasteiger partial charge in [0.25, 0.3) is 0 Å². The SMILES string of the molecule is CCCCCCCCCCCCCCOC(=O)CC(NCCCCCCCCCCCCC)C(=O)O. The second-order valence-corrected chi connectivity index (χ2v) is 10.7. The van der Waals surface area contributed by atoms with E-state index < -0.39 is 18.0 Å². The second-order valence-electron chi connectivity index (χ2n) is 10.7. The number of hydrogen-bond acceptors (Lipinski definition) is 4. The Labute approximate surface area is 223 Å². The fraction of sp³-hybridized carbons (Fsp3) is 0.935. The van der Waals surface area contributed by atoms with Gasteiger partial charge in [0.15, 0.2) is 0 Å². The number of aliphatic carboxylic acids is 1. The van der Waals surface area contributed by atoms with E-state index in [4.69, 9.17) is 4.74 Å². The molecule has 1 unspecified atom stereocenters. The van der Waals surface area contributed by atoms with Crippen molar-refractivity contribution in [2.45, 2.75) is 174 Å². The first-order chi connectivity index (χ1) is 17.6. The topological polar surface area (TPSA) is 75.6 Å². The minimum absolute atomic E-state index is 0.0916. The van der Waals surface area contributed by atoms with Crippen LogP contribution in [0.4, 0.5) is 0 Å². The lowest BCUT2D eigenvalue weighted by Gasteiger charge is -2.14. The Morgan fingerprint density at radius 3 is 1.33 bits per heavy atom. The number of ether oxygens (including phenoxy) is 1. The van der Waals surface area contributed by atoms with Gasteiger partial charge in [-0.05, 0) is 19.4 Å². The molecule has 0 radical (unpaired) electrons. The first kappa shape index (κ1) is 34.9. The van der Waals surface area contributed by atoms with Gasteiger partial charge in [-0.2, -0.15) is 0 Å². The smallest absolute Gasteiger partial charge is 0.321 e. The van der Waals surface area contributed by atoms with Crippen LogP contribution in [-0.4, -0.2) is 36.2 Å². The van der Waals surface area contributed by atoms with E-state index in [2.05, 4.69) is 19.2 Å². The maximum Gasteiger partial charge on any atom is 0.321 e. The summed E-state index contributed by atoms with van der Waals surface area (Å²) in [6, 6.07) is -0.845. The minimum Gasteiger partial charge on any atom is -0.480 e. The van der Waals surface area contributed by atoms with Gasteiger partial charge >= 0.3 is 11.9 Å². The molecule has 5 nitrogen and oxygen atoms in total. The van der Waals surface area contributed by atoms with Gasteiger partial charge in [0, 0.05) is 0 Å². The number of hydrogen-bond donors (Lipinski definition) is 2. The Morgan fingerprint density at radius 1 is 0.583 bits per heavy atom. The molecule has 0 aliphatic rings. The number of unbranched alkanes of at least 4 members (excludes halogenated alkanes) is 21. The molecule has 1 atom stereocenters. The normalized spacial score (nSPS) is 12.1. The number of carbonyl (C=O) groups is 2. The first-order valence-corrected chi connectivity index (χ1v) is 15.7. The molecule has 0 aromatic heterocycles. The van der Waals surface area contributed by atoms with Crippen LogP contribution >= 0.6 is 0 Å². The van der Waals surface area contributed by atoms with Crippen LogP contribution in [0, 0.1) is 0 Å². The van der Waals surface area contributed by atoms with Crippen LogP contribution in [0.15, 0.2) is 0 Å². The van der Waals surface area contributed by atoms with Crippen molar-refractivity contribution in [2.75, 3.05) is 13.2 Å². The van der Waals surface area contributed by atoms with Crippen LogP contribution in [0.1, 0.15) is 168 Å². The van der Waals surface area contributed by atoms with E-state index >= 15 is 0 Å². The lowest BCUT2D eigenvalue weighted by Crippen LogP contribution is -2.39. The lowest BCUT2D eigenvalue weighted by atomic mass is 10.1. The van der Waals surface area contributed by atoms with Gasteiger partial charge in [-0.15, -0.1) is 0 Å². The van der Waals surface area contributed by atoms with Gasteiger partial charge in [-0.3, -0.25) is 9.59 Å². The monoisotopic (exact) mass is 511 g/mol. The molecule has 0 aromatic rings. The standard InChI is InChI=1S/C31H61NO4/c1-3-5-7-9-11-13-15-17-19-21-23-25-27-36-30(33)28-29(31(34)35)32-26-24-22-20-18-16-14-12-10-8-6-4-2/h29,32H,3-28H2,1-2H3,(H,34,35). The number of esters is 1. The van der Waals surface area contributed by atoms with Gasteiger partial charge in [0.05, 0.1) is 13.0 Å². The van der Waals surface area contributed by atoms with Gasteiger partial charge in [0.2, 0.25) is 0 Å². The maximum absolute atomic E-state index is 12.1. The van der Waals surface area contributed by atoms with Crippen molar-refractivity contribution in [1.82, 2.24) is 5.32 Å². The van der Waals surface area contributed by atoms with Crippen molar-refractivity contribution in [1.29, 1.82) is 0 Å². The molecule has 0 bridgehead atoms. The summed E-state index contributed by atoms with van der Waals surface area (Å²) in [5.74, 6) is -1.38. The maximum atomic E-state index is 12.1. The highest BCUT2D eigenvalue weighted by Gasteiger charge is 2.21. The highest BCUT2D eigenvalue weighted by Crippen LogP contribution is 2.13. The average Bonchev–Trinajstić information content (AvgIpc) is 2.86. The number of carboxylic acid groups (broad SMARTS) is 1. The van der Waals surface area contributed by atoms with Crippen molar-refractivity contribution in [2.24, 2.45) is 0 Å². The summed E-state index contributed by atoms with van der Waals surface area (Å²) in [6.07, 6.45) is 29.1. The third-order valence-electron chi connectivity index (χ3n) is 7.10. The molecule has 36 heavy (non-hydrogen) atoms. The molecular weight excluding hydrogens is 450 g/mol. The van der Waals surface area contributed by atoms with E-state index in [1.165, 1.54) is 122 Å². The highest BCUT2D eigenvalue weighted by molar-refractivity contribution is 5.81. The predicted octanol–water partition coefficient (Wildman–Crippen LogP) is 8.97. The van der Waals surface area contributed by atoms with Crippen molar-refractivity contribution in [3.63, 3.8) is 0 Å². The summed E-state index contributed by atoms with van der Waals surface area (Å²) in [6.45, 7) is 5.55. The van der Waals surface area contributed by atoms with Crippen molar-refractivity contribution >= 4 is 11.9 Å². The van der Waals surface area contributed by atoms with Crippen molar-refractivity contribution < 1.29 is 19.4 Å². The average molecular weight is 512 g/mol. The fourth-order valence-electron chi connectivity index (χ4n) is 4.67. The van der Waals surface area contributed by atoms with Crippen LogP contribution in [0.2, 0.25) is 0 Å². The third-order valence-corrected chi connectivity index (χ3v) is 7.10. The molecule has 0 saturated heterocycles. The van der Waals surface area contributed by atoms with E-state index in [9.17, 15) is 14.7 Å². The molecule has 0 saturated carbocycles. The van der Waals surface area contributed by atoms with Crippen LogP contribution in [0.5, 0.6) is 0 Å². The number of rotatable bonds is 29. The van der Waals surface area contributed by atoms with Gasteiger partial charge in [-0.25, -0.2) is 0 Å². The van der Waals surface area contributed by atoms with Crippen LogP contribution in [0.25, 0.3) is 0 Å². The van der Waals surface area contributed by atoms with Crippen LogP contribution in [-0.2, 0) is 14.3 Å². The Kier molecular flexibility index (Phi) is 27.6. The zero-order valence-electron chi connectivity index (χ0n) is 24.1. The molecule has 0 spiro atoms. The quantitative estimate of drug-likeness (QED) is 0.0774. The minimum atomic E-state index is -0.972. The Balaban J connectivity index is 3.56. The van der Waals surface area contributed by atoms with E-state index in [1.807, 2.05) is 0 Å². The number of carbonyl (C=O) groups excluding carboxylic acids is 1. The van der Waals surface area contributed by atoms with Crippen LogP contribution in [0.3, 0.4) is 0 Å². The Hall–Kier alpha value is -1.10. The summed E-state index contributed by atoms with van der Waals surface area (Å²) in [7, 11) is 0. The largest absolute Gasteiger partial charge is 0.480 e. The van der Waals surface area contributed by atoms with Crippen molar-refractivity contribution in [3.05, 3.63) is 0 Å². The van der Waals surface area contributed by atoms with Crippen molar-refractivity contribution in [3.8, 4) is 0 Å². The molecule has 0 aliphatic heterocycles.